The Morgan fingerprint density at radius 3 is 2.69 bits per heavy atom. The number of aromatic amines is 1. The van der Waals surface area contributed by atoms with E-state index in [-0.39, 0.29) is 11.0 Å². The van der Waals surface area contributed by atoms with Crippen molar-refractivity contribution in [1.29, 1.82) is 0 Å². The highest BCUT2D eigenvalue weighted by atomic mass is 19.2. The molecule has 1 N–H and O–H groups in total. The molecule has 4 heteroatoms. The molecule has 0 aliphatic carbocycles. The Morgan fingerprint density at radius 1 is 1.19 bits per heavy atom. The van der Waals surface area contributed by atoms with Crippen LogP contribution in [0.1, 0.15) is 5.56 Å². The van der Waals surface area contributed by atoms with Crippen molar-refractivity contribution in [2.75, 3.05) is 0 Å². The van der Waals surface area contributed by atoms with Crippen LogP contribution in [0, 0.1) is 18.6 Å². The molecule has 0 bridgehead atoms. The van der Waals surface area contributed by atoms with Crippen molar-refractivity contribution in [2.24, 2.45) is 0 Å². The summed E-state index contributed by atoms with van der Waals surface area (Å²) < 4.78 is 26.5. The van der Waals surface area contributed by atoms with Crippen molar-refractivity contribution in [2.45, 2.75) is 6.92 Å². The van der Waals surface area contributed by atoms with Gasteiger partial charge in [0.1, 0.15) is 0 Å². The van der Waals surface area contributed by atoms with E-state index in [0.29, 0.717) is 11.3 Å². The number of hydrogen-bond donors (Lipinski definition) is 1. The van der Waals surface area contributed by atoms with Gasteiger partial charge in [-0.25, -0.2) is 8.78 Å². The van der Waals surface area contributed by atoms with Gasteiger partial charge in [-0.1, -0.05) is 6.07 Å². The average molecular weight is 221 g/mol. The summed E-state index contributed by atoms with van der Waals surface area (Å²) in [6, 6.07) is 5.21. The molecule has 1 aromatic heterocycles. The summed E-state index contributed by atoms with van der Waals surface area (Å²) in [5.74, 6) is -1.88. The smallest absolute Gasteiger partial charge is 0.185 e. The fraction of sp³-hybridized carbons (Fsp3) is 0.0833. The van der Waals surface area contributed by atoms with E-state index in [9.17, 15) is 13.6 Å². The van der Waals surface area contributed by atoms with Crippen LogP contribution in [-0.2, 0) is 0 Å². The topological polar surface area (TPSA) is 32.9 Å². The maximum atomic E-state index is 13.5. The van der Waals surface area contributed by atoms with Gasteiger partial charge in [-0.05, 0) is 19.1 Å². The van der Waals surface area contributed by atoms with E-state index in [1.807, 2.05) is 0 Å². The van der Waals surface area contributed by atoms with Gasteiger partial charge in [-0.3, -0.25) is 4.79 Å². The molecule has 0 radical (unpaired) electrons. The molecule has 0 fully saturated rings. The van der Waals surface area contributed by atoms with Crippen molar-refractivity contribution in [3.8, 4) is 11.3 Å². The van der Waals surface area contributed by atoms with E-state index >= 15 is 0 Å². The molecule has 1 aromatic carbocycles. The van der Waals surface area contributed by atoms with Crippen molar-refractivity contribution < 1.29 is 8.78 Å². The van der Waals surface area contributed by atoms with Gasteiger partial charge in [0.25, 0.3) is 0 Å². The van der Waals surface area contributed by atoms with Crippen molar-refractivity contribution in [3.63, 3.8) is 0 Å². The zero-order chi connectivity index (χ0) is 11.7. The minimum Gasteiger partial charge on any atom is -0.361 e. The Labute approximate surface area is 90.6 Å². The summed E-state index contributed by atoms with van der Waals surface area (Å²) in [6.07, 6.45) is 1.41. The molecule has 2 rings (SSSR count). The minimum absolute atomic E-state index is 0.0650. The van der Waals surface area contributed by atoms with E-state index in [0.717, 1.165) is 6.07 Å². The highest BCUT2D eigenvalue weighted by molar-refractivity contribution is 5.63. The monoisotopic (exact) mass is 221 g/mol. The van der Waals surface area contributed by atoms with Crippen LogP contribution in [0.4, 0.5) is 8.78 Å². The number of nitrogens with one attached hydrogen (secondary N) is 1. The number of benzene rings is 1. The molecule has 0 saturated heterocycles. The van der Waals surface area contributed by atoms with Crippen molar-refractivity contribution in [1.82, 2.24) is 4.98 Å². The van der Waals surface area contributed by atoms with Crippen LogP contribution in [-0.4, -0.2) is 4.98 Å². The summed E-state index contributed by atoms with van der Waals surface area (Å²) in [5, 5.41) is 0. The Kier molecular flexibility index (Phi) is 2.56. The Bertz CT molecular complexity index is 590. The lowest BCUT2D eigenvalue weighted by molar-refractivity contribution is 0.511. The first-order valence-corrected chi connectivity index (χ1v) is 4.74. The summed E-state index contributed by atoms with van der Waals surface area (Å²) >= 11 is 0. The third kappa shape index (κ3) is 1.62. The molecule has 1 heterocycles. The number of H-pyrrole nitrogens is 1. The predicted octanol–water partition coefficient (Wildman–Crippen LogP) is 2.63. The van der Waals surface area contributed by atoms with Gasteiger partial charge in [0.2, 0.25) is 0 Å². The first-order chi connectivity index (χ1) is 7.61. The van der Waals surface area contributed by atoms with Crippen LogP contribution in [0.25, 0.3) is 11.3 Å². The van der Waals surface area contributed by atoms with E-state index in [2.05, 4.69) is 4.98 Å². The Morgan fingerprint density at radius 2 is 1.94 bits per heavy atom. The molecular weight excluding hydrogens is 212 g/mol. The van der Waals surface area contributed by atoms with Gasteiger partial charge in [0.05, 0.1) is 5.69 Å². The first-order valence-electron chi connectivity index (χ1n) is 4.74. The summed E-state index contributed by atoms with van der Waals surface area (Å²) in [5.41, 5.74) is 0.532. The van der Waals surface area contributed by atoms with Gasteiger partial charge in [-0.15, -0.1) is 0 Å². The van der Waals surface area contributed by atoms with Crippen LogP contribution in [0.5, 0.6) is 0 Å². The second kappa shape index (κ2) is 3.89. The third-order valence-electron chi connectivity index (χ3n) is 2.43. The maximum Gasteiger partial charge on any atom is 0.185 e. The summed E-state index contributed by atoms with van der Waals surface area (Å²) in [6.45, 7) is 1.57. The largest absolute Gasteiger partial charge is 0.361 e. The second-order valence-electron chi connectivity index (χ2n) is 3.44. The predicted molar refractivity (Wildman–Crippen MR) is 57.2 cm³/mol. The van der Waals surface area contributed by atoms with Gasteiger partial charge >= 0.3 is 0 Å². The molecule has 0 aliphatic heterocycles. The van der Waals surface area contributed by atoms with Crippen LogP contribution in [0.2, 0.25) is 0 Å². The van der Waals surface area contributed by atoms with E-state index in [1.54, 1.807) is 6.92 Å². The quantitative estimate of drug-likeness (QED) is 0.788. The molecular formula is C12H9F2NO. The normalized spacial score (nSPS) is 10.4. The summed E-state index contributed by atoms with van der Waals surface area (Å²) in [7, 11) is 0. The maximum absolute atomic E-state index is 13.5. The van der Waals surface area contributed by atoms with Crippen molar-refractivity contribution >= 4 is 0 Å². The molecule has 0 atom stereocenters. The van der Waals surface area contributed by atoms with Crippen LogP contribution < -0.4 is 5.43 Å². The molecule has 16 heavy (non-hydrogen) atoms. The minimum atomic E-state index is -0.951. The van der Waals surface area contributed by atoms with Crippen molar-refractivity contribution in [3.05, 3.63) is 57.9 Å². The lowest BCUT2D eigenvalue weighted by atomic mass is 10.1. The molecule has 82 valence electrons. The third-order valence-corrected chi connectivity index (χ3v) is 2.43. The number of halogens is 2. The SMILES string of the molecule is Cc1c(-c2cccc(F)c2F)[nH]ccc1=O. The van der Waals surface area contributed by atoms with Gasteiger partial charge in [0, 0.05) is 23.4 Å². The second-order valence-corrected chi connectivity index (χ2v) is 3.44. The molecule has 2 nitrogen and oxygen atoms in total. The number of hydrogen-bond acceptors (Lipinski definition) is 1. The molecule has 0 amide bonds. The number of pyridine rings is 1. The number of rotatable bonds is 1. The summed E-state index contributed by atoms with van der Waals surface area (Å²) in [4.78, 5) is 14.1. The van der Waals surface area contributed by atoms with E-state index in [4.69, 9.17) is 0 Å². The van der Waals surface area contributed by atoms with E-state index < -0.39 is 11.6 Å². The molecule has 2 aromatic rings. The zero-order valence-corrected chi connectivity index (χ0v) is 8.55. The molecule has 0 saturated carbocycles. The van der Waals surface area contributed by atoms with Crippen LogP contribution in [0.3, 0.4) is 0 Å². The Balaban J connectivity index is 2.73. The highest BCUT2D eigenvalue weighted by Crippen LogP contribution is 2.23. The Hall–Kier alpha value is -1.97. The first kappa shape index (κ1) is 10.5. The zero-order valence-electron chi connectivity index (χ0n) is 8.55. The van der Waals surface area contributed by atoms with Gasteiger partial charge < -0.3 is 4.98 Å². The van der Waals surface area contributed by atoms with Gasteiger partial charge in [0.15, 0.2) is 17.1 Å². The highest BCUT2D eigenvalue weighted by Gasteiger charge is 2.12. The molecule has 0 unspecified atom stereocenters. The lowest BCUT2D eigenvalue weighted by Gasteiger charge is -2.06. The van der Waals surface area contributed by atoms with E-state index in [1.165, 1.54) is 24.4 Å². The number of aromatic nitrogens is 1. The molecule has 0 spiro atoms. The van der Waals surface area contributed by atoms with Crippen LogP contribution in [0.15, 0.2) is 35.3 Å². The average Bonchev–Trinajstić information content (AvgIpc) is 2.27. The molecule has 0 aliphatic rings. The van der Waals surface area contributed by atoms with Crippen LogP contribution >= 0.6 is 0 Å². The van der Waals surface area contributed by atoms with Gasteiger partial charge in [-0.2, -0.15) is 0 Å². The lowest BCUT2D eigenvalue weighted by Crippen LogP contribution is -2.07. The standard InChI is InChI=1S/C12H9F2NO/c1-7-10(16)5-6-15-12(7)8-3-2-4-9(13)11(8)14/h2-6H,1H3,(H,15,16). The fourth-order valence-corrected chi connectivity index (χ4v) is 1.53. The fourth-order valence-electron chi connectivity index (χ4n) is 1.53.